The molecule has 0 N–H and O–H groups in total. The number of ether oxygens (including phenoxy) is 3. The Morgan fingerprint density at radius 2 is 1.17 bits per heavy atom. The third-order valence-electron chi connectivity index (χ3n) is 17.1. The molecule has 96 heavy (non-hydrogen) atoms. The van der Waals surface area contributed by atoms with Gasteiger partial charge in [0.2, 0.25) is 6.17 Å². The Morgan fingerprint density at radius 3 is 1.75 bits per heavy atom. The summed E-state index contributed by atoms with van der Waals surface area (Å²) >= 11 is 0. The number of alkyl halides is 8. The molecule has 0 aliphatic carbocycles. The van der Waals surface area contributed by atoms with Crippen molar-refractivity contribution in [3.8, 4) is 57.0 Å². The predicted octanol–water partition coefficient (Wildman–Crippen LogP) is 12.5. The van der Waals surface area contributed by atoms with Crippen molar-refractivity contribution in [3.63, 3.8) is 0 Å². The minimum atomic E-state index is -5.11. The summed E-state index contributed by atoms with van der Waals surface area (Å²) in [4.78, 5) is 76.7. The molecule has 1 fully saturated rings. The number of esters is 1. The highest BCUT2D eigenvalue weighted by Crippen LogP contribution is 2.43. The van der Waals surface area contributed by atoms with Gasteiger partial charge in [0.15, 0.2) is 23.6 Å². The second-order valence-electron chi connectivity index (χ2n) is 23.7. The van der Waals surface area contributed by atoms with Crippen molar-refractivity contribution >= 4 is 42.2 Å². The van der Waals surface area contributed by atoms with Crippen molar-refractivity contribution in [2.24, 2.45) is 0 Å². The SMILES string of the molecule is CCOC(=O)C(F)C(F)c1ccc(-c2nc(-c3cc(B4OC(C)(C)C(C)(Cc5cc(-n6cnc(-c7ccc(CCCN8C(=O)c9ccccc9C8=O)cc7)n6)ccc5OC(F)(F)F)O4)ccc3CCCN3C(=O)c4ccccc4C3=O)n(-c3ccc(OC(F)(F)F)cc3)n2)cc1. The van der Waals surface area contributed by atoms with Crippen LogP contribution in [0.4, 0.5) is 35.1 Å². The minimum Gasteiger partial charge on any atom is -0.464 e. The first-order chi connectivity index (χ1) is 45.7. The van der Waals surface area contributed by atoms with Crippen LogP contribution >= 0.6 is 0 Å². The predicted molar refractivity (Wildman–Crippen MR) is 332 cm³/mol. The number of nitrogens with zero attached hydrogens (tertiary/aromatic N) is 8. The number of carbonyl (C=O) groups excluding carboxylic acids is 5. The third kappa shape index (κ3) is 13.5. The van der Waals surface area contributed by atoms with Gasteiger partial charge < -0.3 is 23.5 Å². The van der Waals surface area contributed by atoms with Gasteiger partial charge in [-0.2, -0.15) is 0 Å². The molecule has 492 valence electrons. The van der Waals surface area contributed by atoms with Gasteiger partial charge in [-0.15, -0.1) is 36.5 Å². The van der Waals surface area contributed by atoms with Crippen LogP contribution in [0.1, 0.15) is 110 Å². The van der Waals surface area contributed by atoms with Crippen LogP contribution in [-0.4, -0.2) is 126 Å². The molecule has 3 atom stereocenters. The van der Waals surface area contributed by atoms with E-state index in [-0.39, 0.29) is 95.9 Å². The second-order valence-corrected chi connectivity index (χ2v) is 23.7. The number of fused-ring (bicyclic) bond motifs is 2. The molecule has 3 aliphatic heterocycles. The van der Waals surface area contributed by atoms with E-state index in [1.807, 2.05) is 24.3 Å². The number of imide groups is 2. The lowest BCUT2D eigenvalue weighted by atomic mass is 9.77. The number of amides is 4. The van der Waals surface area contributed by atoms with Gasteiger partial charge in [-0.25, -0.2) is 32.9 Å². The van der Waals surface area contributed by atoms with E-state index < -0.39 is 72.7 Å². The fraction of sp³-hybridized carbons (Fsp3) is 0.261. The summed E-state index contributed by atoms with van der Waals surface area (Å²) in [6, 6.07) is 39.5. The van der Waals surface area contributed by atoms with Gasteiger partial charge in [-0.3, -0.25) is 29.0 Å². The van der Waals surface area contributed by atoms with Crippen molar-refractivity contribution in [1.29, 1.82) is 0 Å². The summed E-state index contributed by atoms with van der Waals surface area (Å²) in [5.41, 5.74) is 1.89. The van der Waals surface area contributed by atoms with E-state index in [0.29, 0.717) is 57.6 Å². The zero-order chi connectivity index (χ0) is 68.0. The lowest BCUT2D eigenvalue weighted by molar-refractivity contribution is -0.275. The molecular formula is C69H57BF8N8O10. The molecule has 18 nitrogen and oxygen atoms in total. The number of aromatic nitrogens is 6. The Bertz CT molecular complexity index is 4400. The van der Waals surface area contributed by atoms with Crippen LogP contribution in [-0.2, 0) is 38.1 Å². The number of halogens is 8. The van der Waals surface area contributed by atoms with Crippen molar-refractivity contribution in [1.82, 2.24) is 39.3 Å². The zero-order valence-corrected chi connectivity index (χ0v) is 51.7. The fourth-order valence-electron chi connectivity index (χ4n) is 11.8. The molecule has 0 radical (unpaired) electrons. The smallest absolute Gasteiger partial charge is 0.464 e. The Kier molecular flexibility index (Phi) is 17.8. The van der Waals surface area contributed by atoms with Crippen molar-refractivity contribution in [3.05, 3.63) is 209 Å². The maximum absolute atomic E-state index is 15.4. The number of hydrogen-bond acceptors (Lipinski definition) is 14. The first-order valence-electron chi connectivity index (χ1n) is 30.4. The molecule has 0 bridgehead atoms. The highest BCUT2D eigenvalue weighted by molar-refractivity contribution is 6.62. The summed E-state index contributed by atoms with van der Waals surface area (Å²) in [5, 5.41) is 9.43. The van der Waals surface area contributed by atoms with E-state index in [1.165, 1.54) is 76.0 Å². The van der Waals surface area contributed by atoms with Crippen LogP contribution in [0.5, 0.6) is 11.5 Å². The quantitative estimate of drug-likeness (QED) is 0.0268. The standard InChI is InChI=1S/C69H57BF8N8O10/c1-5-92-65(91)57(72)56(71)42-22-24-44(25-23-42)59-80-60(86(82-59)47-28-31-49(32-29-47)93-68(73,74)75)54-37-46(27-26-41(54)13-11-35-84-63(89)52-16-8-9-17-53(52)64(84)90)70-95-66(2,3)67(4,96-70)38-45-36-48(30-33-55(45)94-69(76,77)78)85-39-79-58(81-85)43-20-18-40(19-21-43)12-10-34-83-61(87)50-14-6-7-15-51(50)62(83)88/h6-9,14-33,36-37,39,56-57H,5,10-13,34-35,38H2,1-4H3. The average Bonchev–Trinajstić information content (AvgIpc) is 1.57. The third-order valence-corrected chi connectivity index (χ3v) is 17.1. The molecule has 3 aliphatic rings. The van der Waals surface area contributed by atoms with E-state index in [1.54, 1.807) is 87.5 Å². The monoisotopic (exact) mass is 1320 g/mol. The molecular weight excluding hydrogens is 1260 g/mol. The highest BCUT2D eigenvalue weighted by Gasteiger charge is 2.55. The maximum Gasteiger partial charge on any atom is 0.573 e. The van der Waals surface area contributed by atoms with Gasteiger partial charge in [0.25, 0.3) is 23.6 Å². The Balaban J connectivity index is 0.843. The molecule has 27 heteroatoms. The fourth-order valence-corrected chi connectivity index (χ4v) is 11.8. The van der Waals surface area contributed by atoms with Crippen molar-refractivity contribution in [2.75, 3.05) is 19.7 Å². The number of carbonyl (C=O) groups is 5. The first kappa shape index (κ1) is 65.6. The van der Waals surface area contributed by atoms with Crippen molar-refractivity contribution in [2.45, 2.75) is 96.1 Å². The van der Waals surface area contributed by atoms with Gasteiger partial charge in [-0.05, 0) is 148 Å². The largest absolute Gasteiger partial charge is 0.573 e. The Hall–Kier alpha value is -10.4. The molecule has 4 amide bonds. The zero-order valence-electron chi connectivity index (χ0n) is 51.7. The lowest BCUT2D eigenvalue weighted by Crippen LogP contribution is -2.46. The molecule has 7 aromatic carbocycles. The van der Waals surface area contributed by atoms with E-state index >= 15 is 4.39 Å². The van der Waals surface area contributed by atoms with E-state index in [2.05, 4.69) is 24.3 Å². The number of aryl methyl sites for hydroxylation is 2. The van der Waals surface area contributed by atoms with Crippen LogP contribution < -0.4 is 14.9 Å². The summed E-state index contributed by atoms with van der Waals surface area (Å²) in [5.74, 6) is -3.73. The van der Waals surface area contributed by atoms with Gasteiger partial charge >= 0.3 is 25.8 Å². The minimum absolute atomic E-state index is 0.0158. The van der Waals surface area contributed by atoms with Crippen LogP contribution in [0.25, 0.3) is 45.5 Å². The van der Waals surface area contributed by atoms with Crippen LogP contribution in [0.2, 0.25) is 0 Å². The Labute approximate surface area is 543 Å². The van der Waals surface area contributed by atoms with Gasteiger partial charge in [0.05, 0.1) is 51.4 Å². The Morgan fingerprint density at radius 1 is 0.604 bits per heavy atom. The number of hydrogen-bond donors (Lipinski definition) is 0. The average molecular weight is 1320 g/mol. The van der Waals surface area contributed by atoms with Gasteiger partial charge in [0.1, 0.15) is 17.8 Å². The topological polar surface area (TPSA) is 199 Å². The van der Waals surface area contributed by atoms with Crippen LogP contribution in [0, 0.1) is 0 Å². The molecule has 5 heterocycles. The molecule has 3 unspecified atom stereocenters. The second kappa shape index (κ2) is 26.1. The number of benzene rings is 7. The van der Waals surface area contributed by atoms with E-state index in [4.69, 9.17) is 19.4 Å². The molecule has 9 aromatic rings. The molecule has 0 spiro atoms. The van der Waals surface area contributed by atoms with Gasteiger partial charge in [-0.1, -0.05) is 91.0 Å². The summed E-state index contributed by atoms with van der Waals surface area (Å²) in [6.45, 7) is 6.56. The number of rotatable bonds is 22. The normalized spacial score (nSPS) is 16.7. The summed E-state index contributed by atoms with van der Waals surface area (Å²) < 4.78 is 143. The first-order valence-corrected chi connectivity index (χ1v) is 30.4. The van der Waals surface area contributed by atoms with Crippen LogP contribution in [0.15, 0.2) is 164 Å². The molecule has 12 rings (SSSR count). The van der Waals surface area contributed by atoms with Gasteiger partial charge in [0, 0.05) is 36.2 Å². The maximum atomic E-state index is 15.4. The molecule has 2 aromatic heterocycles. The van der Waals surface area contributed by atoms with E-state index in [9.17, 15) is 54.7 Å². The summed E-state index contributed by atoms with van der Waals surface area (Å²) in [6.07, 6.45) is -12.6. The lowest BCUT2D eigenvalue weighted by Gasteiger charge is -2.37. The highest BCUT2D eigenvalue weighted by atomic mass is 19.4. The summed E-state index contributed by atoms with van der Waals surface area (Å²) in [7, 11) is -1.25. The molecule has 1 saturated heterocycles. The van der Waals surface area contributed by atoms with Crippen LogP contribution in [0.3, 0.4) is 0 Å². The van der Waals surface area contributed by atoms with Crippen molar-refractivity contribution < 1.29 is 82.6 Å². The van der Waals surface area contributed by atoms with E-state index in [0.717, 1.165) is 28.7 Å². The molecule has 0 saturated carbocycles.